The van der Waals surface area contributed by atoms with Gasteiger partial charge in [0.2, 0.25) is 0 Å². The number of hydrogen-bond acceptors (Lipinski definition) is 4. The number of β-amino-alcohol motifs (C(OH)–C–C–N with tert-alkyl or cyclic N) is 1. The predicted molar refractivity (Wildman–Crippen MR) is 63.3 cm³/mol. The van der Waals surface area contributed by atoms with Crippen molar-refractivity contribution in [1.29, 1.82) is 0 Å². The first kappa shape index (κ1) is 12.8. The Bertz CT molecular complexity index is 506. The molecule has 1 unspecified atom stereocenters. The number of aliphatic hydroxyl groups is 1. The lowest BCUT2D eigenvalue weighted by molar-refractivity contribution is -0.0780. The zero-order valence-electron chi connectivity index (χ0n) is 10.6. The van der Waals surface area contributed by atoms with E-state index < -0.39 is 6.10 Å². The first-order valence-electron chi connectivity index (χ1n) is 5.74. The molecular weight excluding hydrogens is 236 g/mol. The summed E-state index contributed by atoms with van der Waals surface area (Å²) < 4.78 is 0. The van der Waals surface area contributed by atoms with Crippen LogP contribution in [0.4, 0.5) is 0 Å². The zero-order valence-corrected chi connectivity index (χ0v) is 10.6. The van der Waals surface area contributed by atoms with E-state index in [1.807, 2.05) is 0 Å². The number of rotatable bonds is 2. The lowest BCUT2D eigenvalue weighted by Crippen LogP contribution is -2.29. The van der Waals surface area contributed by atoms with Crippen LogP contribution in [-0.2, 0) is 4.84 Å². The third-order valence-electron chi connectivity index (χ3n) is 3.03. The van der Waals surface area contributed by atoms with Crippen LogP contribution in [0.3, 0.4) is 0 Å². The third kappa shape index (κ3) is 2.04. The second kappa shape index (κ2) is 4.55. The van der Waals surface area contributed by atoms with Crippen molar-refractivity contribution in [3.63, 3.8) is 0 Å². The molecule has 6 heteroatoms. The number of amides is 1. The van der Waals surface area contributed by atoms with Crippen molar-refractivity contribution in [2.24, 2.45) is 0 Å². The van der Waals surface area contributed by atoms with Crippen molar-refractivity contribution in [2.45, 2.75) is 26.9 Å². The molecule has 6 nitrogen and oxygen atoms in total. The van der Waals surface area contributed by atoms with E-state index in [2.05, 4.69) is 4.98 Å². The smallest absolute Gasteiger partial charge is 0.279 e. The second-order valence-corrected chi connectivity index (χ2v) is 4.50. The summed E-state index contributed by atoms with van der Waals surface area (Å²) in [6.07, 6.45) is -0.652. The Morgan fingerprint density at radius 1 is 1.44 bits per heavy atom. The van der Waals surface area contributed by atoms with Crippen molar-refractivity contribution >= 4 is 11.7 Å². The van der Waals surface area contributed by atoms with Gasteiger partial charge >= 0.3 is 0 Å². The fourth-order valence-corrected chi connectivity index (χ4v) is 2.16. The standard InChI is InChI=1S/C12H16N2O4/c1-6-10(7(2)13-11(6)8(3)15)12(17)14-4-9(16)5-18-14/h9,13,16H,4-5H2,1-3H3. The minimum atomic E-state index is -0.652. The Morgan fingerprint density at radius 3 is 2.56 bits per heavy atom. The molecule has 1 aromatic rings. The van der Waals surface area contributed by atoms with E-state index in [9.17, 15) is 14.7 Å². The number of nitrogens with zero attached hydrogens (tertiary/aromatic N) is 1. The van der Waals surface area contributed by atoms with Crippen LogP contribution in [-0.4, -0.2) is 46.1 Å². The number of aliphatic hydroxyl groups excluding tert-OH is 1. The van der Waals surface area contributed by atoms with Crippen LogP contribution in [0.25, 0.3) is 0 Å². The number of hydroxylamine groups is 2. The van der Waals surface area contributed by atoms with Crippen LogP contribution in [0.5, 0.6) is 0 Å². The molecule has 0 spiro atoms. The SMILES string of the molecule is CC(=O)c1[nH]c(C)c(C(=O)N2CC(O)CO2)c1C. The zero-order chi connectivity index (χ0) is 13.4. The lowest BCUT2D eigenvalue weighted by atomic mass is 10.1. The fraction of sp³-hybridized carbons (Fsp3) is 0.500. The average Bonchev–Trinajstić information content (AvgIpc) is 2.83. The number of aromatic amines is 1. The van der Waals surface area contributed by atoms with E-state index >= 15 is 0 Å². The van der Waals surface area contributed by atoms with Gasteiger partial charge in [-0.2, -0.15) is 0 Å². The third-order valence-corrected chi connectivity index (χ3v) is 3.03. The van der Waals surface area contributed by atoms with Gasteiger partial charge < -0.3 is 10.1 Å². The second-order valence-electron chi connectivity index (χ2n) is 4.50. The Balaban J connectivity index is 2.33. The van der Waals surface area contributed by atoms with E-state index in [1.54, 1.807) is 13.8 Å². The van der Waals surface area contributed by atoms with Gasteiger partial charge in [0.25, 0.3) is 5.91 Å². The van der Waals surface area contributed by atoms with Gasteiger partial charge in [0, 0.05) is 12.6 Å². The molecule has 0 aromatic carbocycles. The highest BCUT2D eigenvalue weighted by atomic mass is 16.7. The molecule has 0 saturated carbocycles. The summed E-state index contributed by atoms with van der Waals surface area (Å²) in [7, 11) is 0. The van der Waals surface area contributed by atoms with Gasteiger partial charge in [0.1, 0.15) is 12.7 Å². The van der Waals surface area contributed by atoms with E-state index in [0.29, 0.717) is 22.5 Å². The molecule has 0 bridgehead atoms. The van der Waals surface area contributed by atoms with Crippen LogP contribution in [0, 0.1) is 13.8 Å². The summed E-state index contributed by atoms with van der Waals surface area (Å²) >= 11 is 0. The number of ketones is 1. The first-order chi connectivity index (χ1) is 8.41. The van der Waals surface area contributed by atoms with Crippen molar-refractivity contribution in [2.75, 3.05) is 13.2 Å². The summed E-state index contributed by atoms with van der Waals surface area (Å²) in [4.78, 5) is 31.6. The van der Waals surface area contributed by atoms with Crippen LogP contribution >= 0.6 is 0 Å². The average molecular weight is 252 g/mol. The van der Waals surface area contributed by atoms with E-state index in [1.165, 1.54) is 6.92 Å². The van der Waals surface area contributed by atoms with Gasteiger partial charge in [0.15, 0.2) is 5.78 Å². The summed E-state index contributed by atoms with van der Waals surface area (Å²) in [5.41, 5.74) is 2.13. The summed E-state index contributed by atoms with van der Waals surface area (Å²) in [5.74, 6) is -0.442. The maximum atomic E-state index is 12.2. The van der Waals surface area contributed by atoms with E-state index in [0.717, 1.165) is 5.06 Å². The van der Waals surface area contributed by atoms with Crippen LogP contribution in [0.15, 0.2) is 0 Å². The number of H-pyrrole nitrogens is 1. The normalized spacial score (nSPS) is 19.3. The Hall–Kier alpha value is -1.66. The number of hydrogen-bond donors (Lipinski definition) is 2. The molecule has 1 aromatic heterocycles. The molecule has 2 heterocycles. The van der Waals surface area contributed by atoms with Crippen LogP contribution in [0.1, 0.15) is 39.0 Å². The predicted octanol–water partition coefficient (Wildman–Crippen LogP) is 0.582. The van der Waals surface area contributed by atoms with Gasteiger partial charge in [0.05, 0.1) is 17.8 Å². The molecule has 1 aliphatic rings. The molecular formula is C12H16N2O4. The Kier molecular flexibility index (Phi) is 3.23. The summed E-state index contributed by atoms with van der Waals surface area (Å²) in [6.45, 7) is 5.17. The molecule has 0 radical (unpaired) electrons. The Labute approximate surface area is 104 Å². The number of carbonyl (C=O) groups is 2. The summed E-state index contributed by atoms with van der Waals surface area (Å²) in [5, 5.41) is 10.5. The van der Waals surface area contributed by atoms with Gasteiger partial charge in [-0.15, -0.1) is 0 Å². The molecule has 0 aliphatic carbocycles. The maximum absolute atomic E-state index is 12.2. The first-order valence-corrected chi connectivity index (χ1v) is 5.74. The maximum Gasteiger partial charge on any atom is 0.279 e. The van der Waals surface area contributed by atoms with E-state index in [-0.39, 0.29) is 24.8 Å². The quantitative estimate of drug-likeness (QED) is 0.754. The van der Waals surface area contributed by atoms with Crippen molar-refractivity contribution in [3.8, 4) is 0 Å². The number of nitrogens with one attached hydrogen (secondary N) is 1. The Morgan fingerprint density at radius 2 is 2.11 bits per heavy atom. The number of Topliss-reactive ketones (excluding diaryl/α,β-unsaturated/α-hetero) is 1. The topological polar surface area (TPSA) is 82.6 Å². The van der Waals surface area contributed by atoms with Gasteiger partial charge in [-0.3, -0.25) is 14.4 Å². The molecule has 1 atom stereocenters. The molecule has 2 rings (SSSR count). The number of carbonyl (C=O) groups excluding carboxylic acids is 2. The van der Waals surface area contributed by atoms with Gasteiger partial charge in [-0.05, 0) is 19.4 Å². The molecule has 1 amide bonds. The van der Waals surface area contributed by atoms with Crippen molar-refractivity contribution < 1.29 is 19.5 Å². The van der Waals surface area contributed by atoms with Crippen LogP contribution < -0.4 is 0 Å². The molecule has 18 heavy (non-hydrogen) atoms. The van der Waals surface area contributed by atoms with Gasteiger partial charge in [-0.1, -0.05) is 0 Å². The highest BCUT2D eigenvalue weighted by molar-refractivity contribution is 6.02. The molecule has 1 aliphatic heterocycles. The fourth-order valence-electron chi connectivity index (χ4n) is 2.16. The largest absolute Gasteiger partial charge is 0.389 e. The minimum absolute atomic E-state index is 0.114. The number of aromatic nitrogens is 1. The molecule has 2 N–H and O–H groups in total. The highest BCUT2D eigenvalue weighted by Crippen LogP contribution is 2.21. The van der Waals surface area contributed by atoms with E-state index in [4.69, 9.17) is 4.84 Å². The molecule has 98 valence electrons. The van der Waals surface area contributed by atoms with Crippen molar-refractivity contribution in [3.05, 3.63) is 22.5 Å². The van der Waals surface area contributed by atoms with Crippen LogP contribution in [0.2, 0.25) is 0 Å². The number of aryl methyl sites for hydroxylation is 1. The minimum Gasteiger partial charge on any atom is -0.389 e. The molecule has 1 fully saturated rings. The highest BCUT2D eigenvalue weighted by Gasteiger charge is 2.30. The lowest BCUT2D eigenvalue weighted by Gasteiger charge is -2.14. The van der Waals surface area contributed by atoms with Gasteiger partial charge in [-0.25, -0.2) is 5.06 Å². The molecule has 1 saturated heterocycles. The van der Waals surface area contributed by atoms with Crippen molar-refractivity contribution in [1.82, 2.24) is 10.0 Å². The monoisotopic (exact) mass is 252 g/mol. The summed E-state index contributed by atoms with van der Waals surface area (Å²) in [6, 6.07) is 0.